The van der Waals surface area contributed by atoms with Crippen LogP contribution in [0.15, 0.2) is 30.0 Å². The molecule has 1 unspecified atom stereocenters. The van der Waals surface area contributed by atoms with Gasteiger partial charge in [0.25, 0.3) is 0 Å². The van der Waals surface area contributed by atoms with Gasteiger partial charge in [-0.1, -0.05) is 6.42 Å². The highest BCUT2D eigenvalue weighted by molar-refractivity contribution is 5.94. The summed E-state index contributed by atoms with van der Waals surface area (Å²) in [6, 6.07) is 0.238. The molecule has 2 aliphatic heterocycles. The number of amides is 1. The fourth-order valence-corrected chi connectivity index (χ4v) is 5.34. The third-order valence-corrected chi connectivity index (χ3v) is 7.39. The first-order valence-electron chi connectivity index (χ1n) is 11.4. The molecule has 33 heavy (non-hydrogen) atoms. The van der Waals surface area contributed by atoms with Gasteiger partial charge in [-0.15, -0.1) is 5.10 Å². The summed E-state index contributed by atoms with van der Waals surface area (Å²) in [5.74, 6) is 0.811. The van der Waals surface area contributed by atoms with Gasteiger partial charge >= 0.3 is 5.97 Å². The zero-order valence-corrected chi connectivity index (χ0v) is 18.9. The summed E-state index contributed by atoms with van der Waals surface area (Å²) in [7, 11) is 0. The monoisotopic (exact) mass is 452 g/mol. The van der Waals surface area contributed by atoms with Crippen LogP contribution in [0.4, 0.5) is 0 Å². The van der Waals surface area contributed by atoms with Crippen LogP contribution >= 0.6 is 0 Å². The lowest BCUT2D eigenvalue weighted by molar-refractivity contribution is -0.138. The summed E-state index contributed by atoms with van der Waals surface area (Å²) < 4.78 is 6.60. The first-order valence-corrected chi connectivity index (χ1v) is 11.4. The molecule has 5 rings (SSSR count). The SMILES string of the molecule is CC1=C(N2CC[C@@]3(CCCC([C@H](C)NCc4cnc(-n5cnnn5)cn4)C3)C2=O)COC1=O. The molecule has 1 spiro atoms. The minimum absolute atomic E-state index is 0.163. The van der Waals surface area contributed by atoms with Gasteiger partial charge in [0.1, 0.15) is 12.9 Å². The van der Waals surface area contributed by atoms with Gasteiger partial charge in [0, 0.05) is 19.1 Å². The van der Waals surface area contributed by atoms with Crippen LogP contribution in [0, 0.1) is 11.3 Å². The number of ether oxygens (including phenoxy) is 1. The summed E-state index contributed by atoms with van der Waals surface area (Å²) >= 11 is 0. The summed E-state index contributed by atoms with van der Waals surface area (Å²) in [6.45, 7) is 5.40. The lowest BCUT2D eigenvalue weighted by Gasteiger charge is -2.39. The molecule has 11 heteroatoms. The van der Waals surface area contributed by atoms with Crippen molar-refractivity contribution >= 4 is 11.9 Å². The second-order valence-electron chi connectivity index (χ2n) is 9.28. The number of hydrogen-bond donors (Lipinski definition) is 1. The number of likely N-dealkylation sites (tertiary alicyclic amines) is 1. The summed E-state index contributed by atoms with van der Waals surface area (Å²) in [5.41, 5.74) is 1.82. The Balaban J connectivity index is 1.20. The molecule has 3 atom stereocenters. The molecule has 1 N–H and O–H groups in total. The fourth-order valence-electron chi connectivity index (χ4n) is 5.34. The molecule has 1 saturated carbocycles. The highest BCUT2D eigenvalue weighted by Gasteiger charge is 2.51. The highest BCUT2D eigenvalue weighted by atomic mass is 16.5. The Morgan fingerprint density at radius 3 is 2.85 bits per heavy atom. The number of nitrogens with zero attached hydrogens (tertiary/aromatic N) is 7. The Morgan fingerprint density at radius 1 is 1.27 bits per heavy atom. The van der Waals surface area contributed by atoms with E-state index in [4.69, 9.17) is 4.74 Å². The first kappa shape index (κ1) is 21.6. The molecule has 1 saturated heterocycles. The molecule has 174 valence electrons. The van der Waals surface area contributed by atoms with Gasteiger partial charge in [0.2, 0.25) is 5.91 Å². The van der Waals surface area contributed by atoms with Crippen LogP contribution in [-0.2, 0) is 20.9 Å². The third-order valence-electron chi connectivity index (χ3n) is 7.39. The van der Waals surface area contributed by atoms with Crippen molar-refractivity contribution in [2.75, 3.05) is 13.2 Å². The van der Waals surface area contributed by atoms with Gasteiger partial charge in [0.05, 0.1) is 34.8 Å². The van der Waals surface area contributed by atoms with Crippen LogP contribution in [0.25, 0.3) is 5.82 Å². The average molecular weight is 453 g/mol. The summed E-state index contributed by atoms with van der Waals surface area (Å²) in [4.78, 5) is 35.9. The topological polar surface area (TPSA) is 128 Å². The zero-order valence-electron chi connectivity index (χ0n) is 18.9. The Hall–Kier alpha value is -3.21. The van der Waals surface area contributed by atoms with Gasteiger partial charge in [-0.25, -0.2) is 9.78 Å². The maximum atomic E-state index is 13.5. The van der Waals surface area contributed by atoms with E-state index in [1.165, 1.54) is 11.0 Å². The lowest BCUT2D eigenvalue weighted by Crippen LogP contribution is -2.43. The second kappa shape index (κ2) is 8.62. The smallest absolute Gasteiger partial charge is 0.336 e. The van der Waals surface area contributed by atoms with Crippen molar-refractivity contribution in [3.05, 3.63) is 35.7 Å². The molecule has 3 aliphatic rings. The number of carbonyl (C=O) groups excluding carboxylic acids is 2. The van der Waals surface area contributed by atoms with E-state index in [1.807, 2.05) is 4.90 Å². The number of tetrazole rings is 1. The molecule has 1 aliphatic carbocycles. The normalized spacial score (nSPS) is 26.4. The van der Waals surface area contributed by atoms with E-state index in [1.54, 1.807) is 19.3 Å². The average Bonchev–Trinajstić information content (AvgIpc) is 3.55. The lowest BCUT2D eigenvalue weighted by atomic mass is 9.67. The van der Waals surface area contributed by atoms with Crippen molar-refractivity contribution in [1.82, 2.24) is 40.4 Å². The van der Waals surface area contributed by atoms with Crippen molar-refractivity contribution in [3.8, 4) is 5.82 Å². The number of hydrogen-bond acceptors (Lipinski definition) is 9. The van der Waals surface area contributed by atoms with Crippen molar-refractivity contribution < 1.29 is 14.3 Å². The number of rotatable bonds is 6. The van der Waals surface area contributed by atoms with Crippen LogP contribution in [0.3, 0.4) is 0 Å². The van der Waals surface area contributed by atoms with Gasteiger partial charge in [-0.05, 0) is 55.9 Å². The van der Waals surface area contributed by atoms with E-state index in [9.17, 15) is 9.59 Å². The molecular weight excluding hydrogens is 424 g/mol. The molecule has 1 amide bonds. The molecule has 11 nitrogen and oxygen atoms in total. The van der Waals surface area contributed by atoms with E-state index in [0.29, 0.717) is 30.4 Å². The number of esters is 1. The van der Waals surface area contributed by atoms with Gasteiger partial charge in [0.15, 0.2) is 5.82 Å². The van der Waals surface area contributed by atoms with E-state index in [0.717, 1.165) is 43.5 Å². The van der Waals surface area contributed by atoms with Gasteiger partial charge in [-0.3, -0.25) is 9.78 Å². The Kier molecular flexibility index (Phi) is 5.65. The van der Waals surface area contributed by atoms with E-state index >= 15 is 0 Å². The molecule has 0 aromatic carbocycles. The maximum absolute atomic E-state index is 13.5. The summed E-state index contributed by atoms with van der Waals surface area (Å²) in [5, 5.41) is 14.6. The number of aromatic nitrogens is 6. The van der Waals surface area contributed by atoms with Crippen LogP contribution < -0.4 is 5.32 Å². The Labute approximate surface area is 191 Å². The number of carbonyl (C=O) groups is 2. The van der Waals surface area contributed by atoms with Crippen LogP contribution in [0.5, 0.6) is 0 Å². The Morgan fingerprint density at radius 2 is 2.15 bits per heavy atom. The van der Waals surface area contributed by atoms with Crippen molar-refractivity contribution in [3.63, 3.8) is 0 Å². The quantitative estimate of drug-likeness (QED) is 0.642. The number of nitrogens with one attached hydrogen (secondary N) is 1. The van der Waals surface area contributed by atoms with E-state index in [2.05, 4.69) is 37.7 Å². The van der Waals surface area contributed by atoms with Gasteiger partial charge in [-0.2, -0.15) is 4.68 Å². The molecule has 0 radical (unpaired) electrons. The van der Waals surface area contributed by atoms with Crippen molar-refractivity contribution in [1.29, 1.82) is 0 Å². The standard InChI is InChI=1S/C22H28N8O3/c1-14-18(12-33-20(14)31)29-7-6-22(21(29)32)5-3-4-16(8-22)15(2)23-9-17-10-25-19(11-24-17)30-13-26-27-28-30/h10-11,13,15-16,23H,3-9,12H2,1-2H3/t15-,16?,22+/m0/s1. The van der Waals surface area contributed by atoms with Crippen LogP contribution in [0.2, 0.25) is 0 Å². The molecule has 4 heterocycles. The Bertz CT molecular complexity index is 1070. The van der Waals surface area contributed by atoms with Gasteiger partial charge < -0.3 is 15.0 Å². The molecular formula is C22H28N8O3. The number of cyclic esters (lactones) is 1. The molecule has 2 aromatic rings. The second-order valence-corrected chi connectivity index (χ2v) is 9.28. The minimum atomic E-state index is -0.328. The predicted molar refractivity (Wildman–Crippen MR) is 115 cm³/mol. The van der Waals surface area contributed by atoms with Crippen molar-refractivity contribution in [2.45, 2.75) is 58.5 Å². The minimum Gasteiger partial charge on any atom is -0.456 e. The van der Waals surface area contributed by atoms with Crippen LogP contribution in [-0.4, -0.2) is 66.1 Å². The largest absolute Gasteiger partial charge is 0.456 e. The van der Waals surface area contributed by atoms with Crippen LogP contribution in [0.1, 0.15) is 51.6 Å². The third kappa shape index (κ3) is 4.01. The molecule has 2 aromatic heterocycles. The maximum Gasteiger partial charge on any atom is 0.336 e. The predicted octanol–water partition coefficient (Wildman–Crippen LogP) is 1.17. The van der Waals surface area contributed by atoms with E-state index < -0.39 is 0 Å². The first-order chi connectivity index (χ1) is 16.0. The van der Waals surface area contributed by atoms with E-state index in [-0.39, 0.29) is 29.9 Å². The molecule has 2 fully saturated rings. The molecule has 0 bridgehead atoms. The zero-order chi connectivity index (χ0) is 23.0. The highest BCUT2D eigenvalue weighted by Crippen LogP contribution is 2.49. The summed E-state index contributed by atoms with van der Waals surface area (Å²) in [6.07, 6.45) is 9.58. The fraction of sp³-hybridized carbons (Fsp3) is 0.591. The van der Waals surface area contributed by atoms with Crippen molar-refractivity contribution in [2.24, 2.45) is 11.3 Å².